The average Bonchev–Trinajstić information content (AvgIpc) is 2.89. The maximum atomic E-state index is 13.2. The lowest BCUT2D eigenvalue weighted by Crippen LogP contribution is -2.50. The minimum atomic E-state index is -0.953. The zero-order valence-electron chi connectivity index (χ0n) is 12.9. The third-order valence-electron chi connectivity index (χ3n) is 4.54. The maximum absolute atomic E-state index is 13.2. The standard InChI is InChI=1S/C17H19FN2O3/c1-10-4-5-20(15(6-10)17(22)23)16(21)7-11-9-19-14-8-12(18)2-3-13(11)14/h2-3,8-10,15,19H,4-7H2,1H3,(H,22,23). The fourth-order valence-corrected chi connectivity index (χ4v) is 3.24. The van der Waals surface area contributed by atoms with Crippen molar-refractivity contribution in [1.82, 2.24) is 9.88 Å². The number of carboxylic acid groups (broad SMARTS) is 1. The molecule has 1 aliphatic heterocycles. The van der Waals surface area contributed by atoms with Crippen LogP contribution in [-0.2, 0) is 16.0 Å². The van der Waals surface area contributed by atoms with Gasteiger partial charge in [0.25, 0.3) is 0 Å². The second-order valence-corrected chi connectivity index (χ2v) is 6.25. The largest absolute Gasteiger partial charge is 0.480 e. The highest BCUT2D eigenvalue weighted by Gasteiger charge is 2.34. The number of H-pyrrole nitrogens is 1. The number of hydrogen-bond acceptors (Lipinski definition) is 2. The van der Waals surface area contributed by atoms with Crippen molar-refractivity contribution in [3.05, 3.63) is 35.8 Å². The average molecular weight is 318 g/mol. The molecule has 1 aliphatic rings. The molecule has 0 radical (unpaired) electrons. The van der Waals surface area contributed by atoms with Gasteiger partial charge < -0.3 is 15.0 Å². The predicted octanol–water partition coefficient (Wildman–Crippen LogP) is 2.56. The number of benzene rings is 1. The molecule has 0 aliphatic carbocycles. The molecule has 23 heavy (non-hydrogen) atoms. The van der Waals surface area contributed by atoms with Gasteiger partial charge in [-0.15, -0.1) is 0 Å². The number of nitrogens with zero attached hydrogens (tertiary/aromatic N) is 1. The molecule has 2 heterocycles. The number of aliphatic carboxylic acids is 1. The van der Waals surface area contributed by atoms with Crippen LogP contribution in [0.4, 0.5) is 4.39 Å². The summed E-state index contributed by atoms with van der Waals surface area (Å²) in [7, 11) is 0. The first kappa shape index (κ1) is 15.5. The van der Waals surface area contributed by atoms with Crippen LogP contribution in [0, 0.1) is 11.7 Å². The SMILES string of the molecule is CC1CCN(C(=O)Cc2c[nH]c3cc(F)ccc23)C(C(=O)O)C1. The minimum absolute atomic E-state index is 0.115. The number of piperidine rings is 1. The van der Waals surface area contributed by atoms with Crippen molar-refractivity contribution >= 4 is 22.8 Å². The summed E-state index contributed by atoms with van der Waals surface area (Å²) in [6.45, 7) is 2.47. The van der Waals surface area contributed by atoms with Gasteiger partial charge in [-0.05, 0) is 42.5 Å². The predicted molar refractivity (Wildman–Crippen MR) is 83.5 cm³/mol. The molecule has 1 amide bonds. The van der Waals surface area contributed by atoms with Crippen molar-refractivity contribution in [3.8, 4) is 0 Å². The number of halogens is 1. The highest BCUT2D eigenvalue weighted by Crippen LogP contribution is 2.25. The second kappa shape index (κ2) is 6.02. The minimum Gasteiger partial charge on any atom is -0.480 e. The third kappa shape index (κ3) is 3.06. The van der Waals surface area contributed by atoms with Crippen LogP contribution in [0.25, 0.3) is 10.9 Å². The van der Waals surface area contributed by atoms with Crippen LogP contribution in [-0.4, -0.2) is 39.5 Å². The zero-order chi connectivity index (χ0) is 16.6. The van der Waals surface area contributed by atoms with Gasteiger partial charge in [-0.25, -0.2) is 9.18 Å². The summed E-state index contributed by atoms with van der Waals surface area (Å²) in [4.78, 5) is 28.4. The number of rotatable bonds is 3. The zero-order valence-corrected chi connectivity index (χ0v) is 12.9. The first-order chi connectivity index (χ1) is 11.0. The molecule has 2 aromatic rings. The molecule has 2 unspecified atom stereocenters. The van der Waals surface area contributed by atoms with Gasteiger partial charge >= 0.3 is 5.97 Å². The Hall–Kier alpha value is -2.37. The van der Waals surface area contributed by atoms with Crippen LogP contribution in [0.2, 0.25) is 0 Å². The van der Waals surface area contributed by atoms with Crippen LogP contribution in [0.15, 0.2) is 24.4 Å². The number of carbonyl (C=O) groups excluding carboxylic acids is 1. The van der Waals surface area contributed by atoms with Gasteiger partial charge in [0.05, 0.1) is 6.42 Å². The Kier molecular flexibility index (Phi) is 4.07. The molecule has 0 saturated carbocycles. The summed E-state index contributed by atoms with van der Waals surface area (Å²) in [5, 5.41) is 10.2. The molecule has 2 atom stereocenters. The van der Waals surface area contributed by atoms with Crippen LogP contribution < -0.4 is 0 Å². The molecule has 3 rings (SSSR count). The molecule has 122 valence electrons. The quantitative estimate of drug-likeness (QED) is 0.913. The Morgan fingerprint density at radius 3 is 2.96 bits per heavy atom. The molecule has 1 fully saturated rings. The number of fused-ring (bicyclic) bond motifs is 1. The topological polar surface area (TPSA) is 73.4 Å². The Morgan fingerprint density at radius 1 is 1.43 bits per heavy atom. The summed E-state index contributed by atoms with van der Waals surface area (Å²) in [6.07, 6.45) is 3.10. The first-order valence-electron chi connectivity index (χ1n) is 7.73. The highest BCUT2D eigenvalue weighted by molar-refractivity contribution is 5.90. The number of amides is 1. The van der Waals surface area contributed by atoms with E-state index in [0.29, 0.717) is 24.4 Å². The summed E-state index contributed by atoms with van der Waals surface area (Å²) in [5.41, 5.74) is 1.39. The molecule has 2 N–H and O–H groups in total. The molecule has 1 aromatic carbocycles. The van der Waals surface area contributed by atoms with E-state index < -0.39 is 12.0 Å². The van der Waals surface area contributed by atoms with E-state index in [1.807, 2.05) is 6.92 Å². The summed E-state index contributed by atoms with van der Waals surface area (Å²) in [6, 6.07) is 3.61. The first-order valence-corrected chi connectivity index (χ1v) is 7.73. The van der Waals surface area contributed by atoms with Crippen molar-refractivity contribution < 1.29 is 19.1 Å². The van der Waals surface area contributed by atoms with E-state index >= 15 is 0 Å². The molecule has 5 nitrogen and oxygen atoms in total. The van der Waals surface area contributed by atoms with Crippen LogP contribution in [0.3, 0.4) is 0 Å². The van der Waals surface area contributed by atoms with Gasteiger partial charge in [0.15, 0.2) is 0 Å². The van der Waals surface area contributed by atoms with Crippen molar-refractivity contribution in [2.75, 3.05) is 6.54 Å². The van der Waals surface area contributed by atoms with E-state index in [9.17, 15) is 19.1 Å². The van der Waals surface area contributed by atoms with Gasteiger partial charge in [-0.2, -0.15) is 0 Å². The number of carbonyl (C=O) groups is 2. The van der Waals surface area contributed by atoms with E-state index in [4.69, 9.17) is 0 Å². The highest BCUT2D eigenvalue weighted by atomic mass is 19.1. The normalized spacial score (nSPS) is 21.6. The maximum Gasteiger partial charge on any atom is 0.326 e. The summed E-state index contributed by atoms with van der Waals surface area (Å²) >= 11 is 0. The van der Waals surface area contributed by atoms with Gasteiger partial charge in [-0.3, -0.25) is 4.79 Å². The number of hydrogen-bond donors (Lipinski definition) is 2. The second-order valence-electron chi connectivity index (χ2n) is 6.25. The van der Waals surface area contributed by atoms with Crippen molar-refractivity contribution in [1.29, 1.82) is 0 Å². The van der Waals surface area contributed by atoms with Crippen molar-refractivity contribution in [2.45, 2.75) is 32.2 Å². The van der Waals surface area contributed by atoms with E-state index in [2.05, 4.69) is 4.98 Å². The Balaban J connectivity index is 1.81. The monoisotopic (exact) mass is 318 g/mol. The van der Waals surface area contributed by atoms with Gasteiger partial charge in [0, 0.05) is 23.6 Å². The fraction of sp³-hybridized carbons (Fsp3) is 0.412. The molecule has 6 heteroatoms. The Labute approximate surface area is 133 Å². The lowest BCUT2D eigenvalue weighted by Gasteiger charge is -2.36. The van der Waals surface area contributed by atoms with Crippen LogP contribution in [0.1, 0.15) is 25.3 Å². The molecule has 1 aromatic heterocycles. The Bertz CT molecular complexity index is 755. The number of likely N-dealkylation sites (tertiary alicyclic amines) is 1. The van der Waals surface area contributed by atoms with E-state index in [-0.39, 0.29) is 18.1 Å². The number of nitrogens with one attached hydrogen (secondary N) is 1. The molecule has 0 bridgehead atoms. The van der Waals surface area contributed by atoms with E-state index in [1.54, 1.807) is 12.3 Å². The lowest BCUT2D eigenvalue weighted by atomic mass is 9.92. The van der Waals surface area contributed by atoms with E-state index in [1.165, 1.54) is 17.0 Å². The van der Waals surface area contributed by atoms with Gasteiger partial charge in [-0.1, -0.05) is 6.92 Å². The van der Waals surface area contributed by atoms with Crippen LogP contribution in [0.5, 0.6) is 0 Å². The number of carboxylic acids is 1. The summed E-state index contributed by atoms with van der Waals surface area (Å²) < 4.78 is 13.2. The Morgan fingerprint density at radius 2 is 2.22 bits per heavy atom. The molecule has 1 saturated heterocycles. The summed E-state index contributed by atoms with van der Waals surface area (Å²) in [5.74, 6) is -1.19. The number of aromatic amines is 1. The third-order valence-corrected chi connectivity index (χ3v) is 4.54. The van der Waals surface area contributed by atoms with Crippen molar-refractivity contribution in [2.24, 2.45) is 5.92 Å². The van der Waals surface area contributed by atoms with Crippen LogP contribution >= 0.6 is 0 Å². The van der Waals surface area contributed by atoms with E-state index in [0.717, 1.165) is 17.4 Å². The lowest BCUT2D eigenvalue weighted by molar-refractivity contribution is -0.152. The smallest absolute Gasteiger partial charge is 0.326 e. The van der Waals surface area contributed by atoms with Gasteiger partial charge in [0.2, 0.25) is 5.91 Å². The van der Waals surface area contributed by atoms with Gasteiger partial charge in [0.1, 0.15) is 11.9 Å². The number of aromatic nitrogens is 1. The fourth-order valence-electron chi connectivity index (χ4n) is 3.24. The molecular formula is C17H19FN2O3. The molecule has 0 spiro atoms. The molecular weight excluding hydrogens is 299 g/mol. The van der Waals surface area contributed by atoms with Crippen molar-refractivity contribution in [3.63, 3.8) is 0 Å².